The molecular weight excluding hydrogens is 409 g/mol. The van der Waals surface area contributed by atoms with Gasteiger partial charge >= 0.3 is 6.18 Å². The monoisotopic (exact) mass is 430 g/mol. The molecule has 3 heterocycles. The van der Waals surface area contributed by atoms with Gasteiger partial charge in [0.05, 0.1) is 23.9 Å². The molecule has 0 radical (unpaired) electrons. The summed E-state index contributed by atoms with van der Waals surface area (Å²) in [7, 11) is -4.02. The predicted molar refractivity (Wildman–Crippen MR) is 99.8 cm³/mol. The number of rotatable bonds is 6. The molecular formula is C17H21F3N6O2S. The number of hydrogen-bond acceptors (Lipinski definition) is 5. The molecule has 0 spiro atoms. The van der Waals surface area contributed by atoms with Crippen molar-refractivity contribution >= 4 is 26.8 Å². The Morgan fingerprint density at radius 3 is 2.83 bits per heavy atom. The van der Waals surface area contributed by atoms with Gasteiger partial charge in [0, 0.05) is 18.2 Å². The van der Waals surface area contributed by atoms with Gasteiger partial charge in [-0.3, -0.25) is 4.40 Å². The van der Waals surface area contributed by atoms with Gasteiger partial charge in [-0.05, 0) is 24.8 Å². The number of alkyl halides is 3. The summed E-state index contributed by atoms with van der Waals surface area (Å²) in [4.78, 5) is 7.33. The van der Waals surface area contributed by atoms with Gasteiger partial charge < -0.3 is 4.98 Å². The molecule has 0 unspecified atom stereocenters. The molecule has 3 atom stereocenters. The number of hydrogen-bond donors (Lipinski definition) is 2. The fourth-order valence-corrected chi connectivity index (χ4v) is 5.51. The minimum absolute atomic E-state index is 0.0641. The van der Waals surface area contributed by atoms with E-state index in [1.807, 2.05) is 17.4 Å². The van der Waals surface area contributed by atoms with Crippen LogP contribution < -0.4 is 4.72 Å². The molecule has 12 heteroatoms. The average molecular weight is 430 g/mol. The Labute approximate surface area is 165 Å². The summed E-state index contributed by atoms with van der Waals surface area (Å²) in [6.45, 7) is 2.01. The van der Waals surface area contributed by atoms with Crippen molar-refractivity contribution in [2.24, 2.45) is 5.92 Å². The zero-order valence-electron chi connectivity index (χ0n) is 15.6. The summed E-state index contributed by atoms with van der Waals surface area (Å²) in [6.07, 6.45) is -0.686. The molecule has 29 heavy (non-hydrogen) atoms. The smallest absolute Gasteiger partial charge is 0.345 e. The second kappa shape index (κ2) is 7.24. The Hall–Kier alpha value is -2.21. The highest BCUT2D eigenvalue weighted by atomic mass is 32.2. The molecule has 1 aliphatic carbocycles. The van der Waals surface area contributed by atoms with Gasteiger partial charge in [0.1, 0.15) is 5.82 Å². The lowest BCUT2D eigenvalue weighted by Gasteiger charge is -2.16. The number of sulfonamides is 1. The predicted octanol–water partition coefficient (Wildman–Crippen LogP) is 2.75. The number of aromatic amines is 1. The van der Waals surface area contributed by atoms with Crippen molar-refractivity contribution in [1.82, 2.24) is 29.3 Å². The maximum atomic E-state index is 12.4. The van der Waals surface area contributed by atoms with E-state index in [1.165, 1.54) is 0 Å². The zero-order valence-corrected chi connectivity index (χ0v) is 16.5. The summed E-state index contributed by atoms with van der Waals surface area (Å²) in [6, 6.07) is 1.44. The van der Waals surface area contributed by atoms with Crippen molar-refractivity contribution in [1.29, 1.82) is 0 Å². The van der Waals surface area contributed by atoms with Crippen LogP contribution in [0.4, 0.5) is 13.2 Å². The standard InChI is InChI=1S/C17H21F3N6O2S/c1-2-10-7-11(25-29(27,28)6-4-17(18,19)20)8-12(10)16-24-23-14-9-22-15-13(26(14)16)3-5-21-15/h3,5,9-12,21,25H,2,4,6-8H2,1H3/t10-,11+,12+/m1/s1. The van der Waals surface area contributed by atoms with Gasteiger partial charge in [0.25, 0.3) is 0 Å². The molecule has 8 nitrogen and oxygen atoms in total. The van der Waals surface area contributed by atoms with Gasteiger partial charge in [0.2, 0.25) is 10.0 Å². The van der Waals surface area contributed by atoms with Crippen molar-refractivity contribution in [3.05, 3.63) is 24.3 Å². The van der Waals surface area contributed by atoms with E-state index in [0.717, 1.165) is 17.8 Å². The van der Waals surface area contributed by atoms with Crippen molar-refractivity contribution in [2.75, 3.05) is 5.75 Å². The van der Waals surface area contributed by atoms with Crippen LogP contribution >= 0.6 is 0 Å². The van der Waals surface area contributed by atoms with Gasteiger partial charge in [-0.15, -0.1) is 10.2 Å². The first-order chi connectivity index (χ1) is 13.7. The molecule has 1 fully saturated rings. The van der Waals surface area contributed by atoms with Crippen LogP contribution in [0.1, 0.15) is 44.3 Å². The molecule has 0 bridgehead atoms. The van der Waals surface area contributed by atoms with E-state index < -0.39 is 34.4 Å². The Kier molecular flexibility index (Phi) is 5.01. The molecule has 2 N–H and O–H groups in total. The number of fused-ring (bicyclic) bond motifs is 3. The lowest BCUT2D eigenvalue weighted by molar-refractivity contribution is -0.130. The third kappa shape index (κ3) is 4.08. The Morgan fingerprint density at radius 1 is 1.31 bits per heavy atom. The number of halogens is 3. The third-order valence-corrected chi connectivity index (χ3v) is 6.95. The van der Waals surface area contributed by atoms with Crippen LogP contribution in [0.2, 0.25) is 0 Å². The number of nitrogens with zero attached hydrogens (tertiary/aromatic N) is 4. The van der Waals surface area contributed by atoms with Crippen LogP contribution in [0.25, 0.3) is 16.8 Å². The lowest BCUT2D eigenvalue weighted by Crippen LogP contribution is -2.36. The van der Waals surface area contributed by atoms with Gasteiger partial charge in [-0.2, -0.15) is 13.2 Å². The van der Waals surface area contributed by atoms with Gasteiger partial charge in [-0.1, -0.05) is 13.3 Å². The van der Waals surface area contributed by atoms with E-state index in [-0.39, 0.29) is 11.8 Å². The first-order valence-electron chi connectivity index (χ1n) is 9.40. The van der Waals surface area contributed by atoms with E-state index in [2.05, 4.69) is 24.9 Å². The summed E-state index contributed by atoms with van der Waals surface area (Å²) in [5.41, 5.74) is 2.11. The maximum Gasteiger partial charge on any atom is 0.390 e. The summed E-state index contributed by atoms with van der Waals surface area (Å²) in [5.74, 6) is -0.167. The van der Waals surface area contributed by atoms with Crippen molar-refractivity contribution < 1.29 is 21.6 Å². The quantitative estimate of drug-likeness (QED) is 0.626. The zero-order chi connectivity index (χ0) is 20.8. The topological polar surface area (TPSA) is 105 Å². The first kappa shape index (κ1) is 20.1. The van der Waals surface area contributed by atoms with Crippen LogP contribution in [-0.2, 0) is 10.0 Å². The average Bonchev–Trinajstić information content (AvgIpc) is 3.35. The fourth-order valence-electron chi connectivity index (χ4n) is 4.19. The molecule has 1 saturated carbocycles. The van der Waals surface area contributed by atoms with E-state index in [9.17, 15) is 21.6 Å². The maximum absolute atomic E-state index is 12.4. The molecule has 0 saturated heterocycles. The normalized spacial score (nSPS) is 23.4. The molecule has 0 amide bonds. The molecule has 0 aromatic carbocycles. The highest BCUT2D eigenvalue weighted by Gasteiger charge is 2.39. The SMILES string of the molecule is CC[C@@H]1C[C@H](NS(=O)(=O)CCC(F)(F)F)C[C@@H]1c1nnc2cnc3[nH]ccc3n12. The van der Waals surface area contributed by atoms with Crippen molar-refractivity contribution in [3.63, 3.8) is 0 Å². The largest absolute Gasteiger partial charge is 0.390 e. The Bertz CT molecular complexity index is 1120. The number of aromatic nitrogens is 5. The minimum Gasteiger partial charge on any atom is -0.345 e. The van der Waals surface area contributed by atoms with Crippen LogP contribution in [0, 0.1) is 5.92 Å². The van der Waals surface area contributed by atoms with Crippen LogP contribution in [-0.4, -0.2) is 51.0 Å². The molecule has 1 aliphatic rings. The van der Waals surface area contributed by atoms with E-state index in [1.54, 1.807) is 12.4 Å². The minimum atomic E-state index is -4.50. The van der Waals surface area contributed by atoms with Crippen LogP contribution in [0.3, 0.4) is 0 Å². The third-order valence-electron chi connectivity index (χ3n) is 5.52. The molecule has 158 valence electrons. The van der Waals surface area contributed by atoms with E-state index in [4.69, 9.17) is 0 Å². The van der Waals surface area contributed by atoms with Crippen molar-refractivity contribution in [2.45, 2.75) is 50.7 Å². The highest BCUT2D eigenvalue weighted by Crippen LogP contribution is 2.41. The summed E-state index contributed by atoms with van der Waals surface area (Å²) >= 11 is 0. The summed E-state index contributed by atoms with van der Waals surface area (Å²) < 4.78 is 65.8. The second-order valence-corrected chi connectivity index (χ2v) is 9.34. The van der Waals surface area contributed by atoms with Gasteiger partial charge in [-0.25, -0.2) is 18.1 Å². The van der Waals surface area contributed by atoms with Crippen molar-refractivity contribution in [3.8, 4) is 0 Å². The van der Waals surface area contributed by atoms with Gasteiger partial charge in [0.15, 0.2) is 11.3 Å². The van der Waals surface area contributed by atoms with Crippen LogP contribution in [0.5, 0.6) is 0 Å². The molecule has 0 aliphatic heterocycles. The fraction of sp³-hybridized carbons (Fsp3) is 0.588. The number of H-pyrrole nitrogens is 1. The number of nitrogens with one attached hydrogen (secondary N) is 2. The Balaban J connectivity index is 1.58. The molecule has 3 aromatic heterocycles. The second-order valence-electron chi connectivity index (χ2n) is 7.47. The summed E-state index contributed by atoms with van der Waals surface area (Å²) in [5, 5.41) is 8.53. The van der Waals surface area contributed by atoms with E-state index in [0.29, 0.717) is 24.1 Å². The lowest BCUT2D eigenvalue weighted by atomic mass is 9.93. The van der Waals surface area contributed by atoms with Crippen LogP contribution in [0.15, 0.2) is 18.5 Å². The highest BCUT2D eigenvalue weighted by molar-refractivity contribution is 7.89. The molecule has 4 rings (SSSR count). The molecule has 3 aromatic rings. The van der Waals surface area contributed by atoms with E-state index >= 15 is 0 Å². The first-order valence-corrected chi connectivity index (χ1v) is 11.1. The Morgan fingerprint density at radius 2 is 2.10 bits per heavy atom.